The predicted octanol–water partition coefficient (Wildman–Crippen LogP) is 3.08. The Hall–Kier alpha value is -2.24. The van der Waals surface area contributed by atoms with Gasteiger partial charge < -0.3 is 19.5 Å². The molecule has 134 valence electrons. The molecule has 1 aromatic carbocycles. The van der Waals surface area contributed by atoms with Crippen LogP contribution in [0.2, 0.25) is 0 Å². The van der Waals surface area contributed by atoms with E-state index in [1.807, 2.05) is 31.2 Å². The lowest BCUT2D eigenvalue weighted by atomic mass is 9.93. The second-order valence-electron chi connectivity index (χ2n) is 6.70. The van der Waals surface area contributed by atoms with Gasteiger partial charge in [-0.3, -0.25) is 0 Å². The first-order valence-corrected chi connectivity index (χ1v) is 7.91. The standard InChI is InChI=1S/C18H27NO5/c1-7-23-14-10-8-13(9-11-14)12-18(5,15(20)22-6)19-16(21)24-17(2,3)4/h8-11H,7,12H2,1-6H3,(H,19,21)/t18-/m1/s1. The topological polar surface area (TPSA) is 73.9 Å². The van der Waals surface area contributed by atoms with E-state index in [4.69, 9.17) is 14.2 Å². The fourth-order valence-corrected chi connectivity index (χ4v) is 2.20. The molecule has 0 heterocycles. The van der Waals surface area contributed by atoms with E-state index in [1.54, 1.807) is 27.7 Å². The lowest BCUT2D eigenvalue weighted by Gasteiger charge is -2.29. The summed E-state index contributed by atoms with van der Waals surface area (Å²) in [5.74, 6) is 0.211. The summed E-state index contributed by atoms with van der Waals surface area (Å²) in [5, 5.41) is 2.62. The van der Waals surface area contributed by atoms with E-state index in [2.05, 4.69) is 5.32 Å². The average molecular weight is 337 g/mol. The van der Waals surface area contributed by atoms with Crippen molar-refractivity contribution in [2.24, 2.45) is 0 Å². The highest BCUT2D eigenvalue weighted by Gasteiger charge is 2.37. The molecule has 0 aliphatic carbocycles. The summed E-state index contributed by atoms with van der Waals surface area (Å²) in [6, 6.07) is 7.35. The van der Waals surface area contributed by atoms with Crippen molar-refractivity contribution in [2.45, 2.75) is 52.2 Å². The van der Waals surface area contributed by atoms with Crippen LogP contribution >= 0.6 is 0 Å². The van der Waals surface area contributed by atoms with Gasteiger partial charge in [0.2, 0.25) is 0 Å². The molecule has 0 aliphatic rings. The number of amides is 1. The minimum atomic E-state index is -1.23. The van der Waals surface area contributed by atoms with Crippen molar-refractivity contribution >= 4 is 12.1 Å². The third-order valence-corrected chi connectivity index (χ3v) is 3.20. The lowest BCUT2D eigenvalue weighted by molar-refractivity contribution is -0.147. The fourth-order valence-electron chi connectivity index (χ4n) is 2.20. The first-order chi connectivity index (χ1) is 11.1. The van der Waals surface area contributed by atoms with Crippen molar-refractivity contribution in [1.82, 2.24) is 5.32 Å². The highest BCUT2D eigenvalue weighted by molar-refractivity contribution is 5.85. The largest absolute Gasteiger partial charge is 0.494 e. The summed E-state index contributed by atoms with van der Waals surface area (Å²) in [6.45, 7) is 9.38. The maximum absolute atomic E-state index is 12.2. The van der Waals surface area contributed by atoms with Gasteiger partial charge in [-0.15, -0.1) is 0 Å². The molecule has 0 bridgehead atoms. The fraction of sp³-hybridized carbons (Fsp3) is 0.556. The third kappa shape index (κ3) is 6.10. The molecule has 0 aliphatic heterocycles. The number of nitrogens with one attached hydrogen (secondary N) is 1. The molecule has 1 amide bonds. The molecule has 0 unspecified atom stereocenters. The van der Waals surface area contributed by atoms with E-state index in [0.717, 1.165) is 11.3 Å². The Balaban J connectivity index is 2.91. The van der Waals surface area contributed by atoms with Gasteiger partial charge in [0.1, 0.15) is 16.9 Å². The summed E-state index contributed by atoms with van der Waals surface area (Å²) in [5.41, 5.74) is -1.02. The van der Waals surface area contributed by atoms with E-state index in [-0.39, 0.29) is 6.42 Å². The van der Waals surface area contributed by atoms with Crippen molar-refractivity contribution in [2.75, 3.05) is 13.7 Å². The molecule has 0 fully saturated rings. The number of hydrogen-bond acceptors (Lipinski definition) is 5. The number of carbonyl (C=O) groups is 2. The van der Waals surface area contributed by atoms with Crippen LogP contribution in [0.15, 0.2) is 24.3 Å². The highest BCUT2D eigenvalue weighted by atomic mass is 16.6. The minimum Gasteiger partial charge on any atom is -0.494 e. The first-order valence-electron chi connectivity index (χ1n) is 7.91. The van der Waals surface area contributed by atoms with Crippen molar-refractivity contribution in [3.05, 3.63) is 29.8 Å². The number of benzene rings is 1. The molecule has 0 saturated heterocycles. The molecule has 0 spiro atoms. The van der Waals surface area contributed by atoms with Crippen LogP contribution in [0.4, 0.5) is 4.79 Å². The summed E-state index contributed by atoms with van der Waals surface area (Å²) in [4.78, 5) is 24.3. The van der Waals surface area contributed by atoms with Crippen LogP contribution in [0.5, 0.6) is 5.75 Å². The van der Waals surface area contributed by atoms with Gasteiger partial charge in [-0.1, -0.05) is 12.1 Å². The third-order valence-electron chi connectivity index (χ3n) is 3.20. The van der Waals surface area contributed by atoms with E-state index in [9.17, 15) is 9.59 Å². The summed E-state index contributed by atoms with van der Waals surface area (Å²) < 4.78 is 15.5. The molecule has 0 saturated carbocycles. The average Bonchev–Trinajstić information content (AvgIpc) is 2.46. The molecule has 6 heteroatoms. The zero-order chi connectivity index (χ0) is 18.4. The molecule has 24 heavy (non-hydrogen) atoms. The molecule has 1 N–H and O–H groups in total. The van der Waals surface area contributed by atoms with Crippen LogP contribution in [0.25, 0.3) is 0 Å². The quantitative estimate of drug-likeness (QED) is 0.808. The Bertz CT molecular complexity index is 562. The lowest BCUT2D eigenvalue weighted by Crippen LogP contribution is -2.55. The Morgan fingerprint density at radius 2 is 1.67 bits per heavy atom. The summed E-state index contributed by atoms with van der Waals surface area (Å²) in [7, 11) is 1.29. The zero-order valence-electron chi connectivity index (χ0n) is 15.3. The van der Waals surface area contributed by atoms with Gasteiger partial charge in [0.05, 0.1) is 13.7 Å². The molecule has 1 aromatic rings. The number of carbonyl (C=O) groups excluding carboxylic acids is 2. The Morgan fingerprint density at radius 3 is 2.12 bits per heavy atom. The van der Waals surface area contributed by atoms with Crippen molar-refractivity contribution in [1.29, 1.82) is 0 Å². The van der Waals surface area contributed by atoms with Crippen LogP contribution in [0.1, 0.15) is 40.2 Å². The summed E-state index contributed by atoms with van der Waals surface area (Å²) >= 11 is 0. The number of methoxy groups -OCH3 is 1. The molecule has 0 aromatic heterocycles. The summed E-state index contributed by atoms with van der Waals surface area (Å²) in [6.07, 6.45) is -0.396. The second-order valence-corrected chi connectivity index (χ2v) is 6.70. The number of ether oxygens (including phenoxy) is 3. The van der Waals surface area contributed by atoms with Crippen molar-refractivity contribution in [3.63, 3.8) is 0 Å². The predicted molar refractivity (Wildman–Crippen MR) is 91.1 cm³/mol. The van der Waals surface area contributed by atoms with E-state index < -0.39 is 23.2 Å². The molecular weight excluding hydrogens is 310 g/mol. The number of alkyl carbamates (subject to hydrolysis) is 1. The van der Waals surface area contributed by atoms with Crippen LogP contribution < -0.4 is 10.1 Å². The van der Waals surface area contributed by atoms with Gasteiger partial charge in [0.15, 0.2) is 0 Å². The maximum Gasteiger partial charge on any atom is 0.408 e. The van der Waals surface area contributed by atoms with Gasteiger partial charge in [0, 0.05) is 6.42 Å². The van der Waals surface area contributed by atoms with Gasteiger partial charge in [-0.05, 0) is 52.3 Å². The van der Waals surface area contributed by atoms with Gasteiger partial charge in [-0.25, -0.2) is 9.59 Å². The zero-order valence-corrected chi connectivity index (χ0v) is 15.3. The Kier molecular flexibility index (Phi) is 6.63. The Morgan fingerprint density at radius 1 is 1.08 bits per heavy atom. The highest BCUT2D eigenvalue weighted by Crippen LogP contribution is 2.19. The van der Waals surface area contributed by atoms with Crippen LogP contribution in [0.3, 0.4) is 0 Å². The van der Waals surface area contributed by atoms with Gasteiger partial charge in [0.25, 0.3) is 0 Å². The normalized spacial score (nSPS) is 13.6. The SMILES string of the molecule is CCOc1ccc(C[C@@](C)(NC(=O)OC(C)(C)C)C(=O)OC)cc1. The van der Waals surface area contributed by atoms with Crippen LogP contribution in [-0.4, -0.2) is 36.9 Å². The molecule has 1 rings (SSSR count). The Labute approximate surface area is 143 Å². The van der Waals surface area contributed by atoms with E-state index in [1.165, 1.54) is 7.11 Å². The molecule has 0 radical (unpaired) electrons. The van der Waals surface area contributed by atoms with Crippen molar-refractivity contribution < 1.29 is 23.8 Å². The molecular formula is C18H27NO5. The maximum atomic E-state index is 12.2. The first kappa shape index (κ1) is 19.8. The van der Waals surface area contributed by atoms with Gasteiger partial charge in [-0.2, -0.15) is 0 Å². The van der Waals surface area contributed by atoms with E-state index >= 15 is 0 Å². The minimum absolute atomic E-state index is 0.269. The monoisotopic (exact) mass is 337 g/mol. The van der Waals surface area contributed by atoms with Crippen molar-refractivity contribution in [3.8, 4) is 5.75 Å². The number of rotatable bonds is 6. The molecule has 1 atom stereocenters. The van der Waals surface area contributed by atoms with Gasteiger partial charge >= 0.3 is 12.1 Å². The molecule has 6 nitrogen and oxygen atoms in total. The van der Waals surface area contributed by atoms with E-state index in [0.29, 0.717) is 6.61 Å². The second kappa shape index (κ2) is 8.04. The number of hydrogen-bond donors (Lipinski definition) is 1. The van der Waals surface area contributed by atoms with Crippen LogP contribution in [-0.2, 0) is 20.7 Å². The number of esters is 1. The smallest absolute Gasteiger partial charge is 0.408 e. The van der Waals surface area contributed by atoms with Crippen LogP contribution in [0, 0.1) is 0 Å².